The van der Waals surface area contributed by atoms with Crippen molar-refractivity contribution in [3.63, 3.8) is 0 Å². The molecule has 0 spiro atoms. The van der Waals surface area contributed by atoms with Crippen LogP contribution < -0.4 is 11.2 Å². The number of rotatable bonds is 4. The maximum Gasteiger partial charge on any atom is 0.332 e. The van der Waals surface area contributed by atoms with Gasteiger partial charge in [0.25, 0.3) is 5.56 Å². The Bertz CT molecular complexity index is 1470. The van der Waals surface area contributed by atoms with Gasteiger partial charge in [0, 0.05) is 0 Å². The van der Waals surface area contributed by atoms with Crippen LogP contribution in [-0.4, -0.2) is 55.3 Å². The molecule has 0 aliphatic carbocycles. The molecule has 12 nitrogen and oxygen atoms in total. The summed E-state index contributed by atoms with van der Waals surface area (Å²) in [5.41, 5.74) is -1.09. The highest BCUT2D eigenvalue weighted by Gasteiger charge is 2.56. The highest BCUT2D eigenvalue weighted by molar-refractivity contribution is 5.81. The number of hydrogen-bond donors (Lipinski definition) is 2. The highest BCUT2D eigenvalue weighted by atomic mass is 16.8. The summed E-state index contributed by atoms with van der Waals surface area (Å²) in [6.07, 6.45) is -0.204. The van der Waals surface area contributed by atoms with Gasteiger partial charge < -0.3 is 28.2 Å². The zero-order chi connectivity index (χ0) is 23.6. The lowest BCUT2D eigenvalue weighted by atomic mass is 10.1. The molecule has 2 fully saturated rings. The fourth-order valence-electron chi connectivity index (χ4n) is 4.48. The highest BCUT2D eigenvalue weighted by Crippen LogP contribution is 2.43. The summed E-state index contributed by atoms with van der Waals surface area (Å²) in [7, 11) is 0. The number of nitrogens with one attached hydrogen (secondary N) is 1. The first-order chi connectivity index (χ1) is 16.4. The van der Waals surface area contributed by atoms with Crippen LogP contribution in [0.3, 0.4) is 0 Å². The molecule has 4 aromatic rings. The van der Waals surface area contributed by atoms with E-state index in [1.54, 1.807) is 38.1 Å². The summed E-state index contributed by atoms with van der Waals surface area (Å²) in [5.74, 6) is -0.228. The monoisotopic (exact) mass is 468 g/mol. The minimum absolute atomic E-state index is 0.0360. The van der Waals surface area contributed by atoms with Crippen molar-refractivity contribution in [1.29, 1.82) is 0 Å². The molecule has 2 aliphatic heterocycles. The van der Waals surface area contributed by atoms with Gasteiger partial charge in [0.05, 0.1) is 19.1 Å². The Kier molecular flexibility index (Phi) is 4.61. The molecule has 0 amide bonds. The molecule has 0 radical (unpaired) electrons. The minimum atomic E-state index is -1.04. The summed E-state index contributed by atoms with van der Waals surface area (Å²) in [6, 6.07) is 6.71. The molecule has 0 unspecified atom stereocenters. The van der Waals surface area contributed by atoms with E-state index in [1.165, 1.54) is 17.1 Å². The van der Waals surface area contributed by atoms with Crippen LogP contribution in [0.5, 0.6) is 0 Å². The number of aromatic amines is 1. The minimum Gasteiger partial charge on any atom is -0.463 e. The normalized spacial score (nSPS) is 25.7. The third-order valence-corrected chi connectivity index (χ3v) is 5.83. The lowest BCUT2D eigenvalue weighted by molar-refractivity contribution is -0.200. The van der Waals surface area contributed by atoms with E-state index in [9.17, 15) is 14.7 Å². The van der Waals surface area contributed by atoms with Crippen LogP contribution in [0, 0.1) is 0 Å². The van der Waals surface area contributed by atoms with Crippen molar-refractivity contribution >= 4 is 11.2 Å². The number of ether oxygens (including phenoxy) is 3. The summed E-state index contributed by atoms with van der Waals surface area (Å²) < 4.78 is 30.0. The fourth-order valence-corrected chi connectivity index (χ4v) is 4.48. The second-order valence-corrected chi connectivity index (χ2v) is 8.49. The number of fused-ring (bicyclic) bond motifs is 2. The van der Waals surface area contributed by atoms with Crippen molar-refractivity contribution < 1.29 is 28.2 Å². The Balaban J connectivity index is 1.61. The van der Waals surface area contributed by atoms with Gasteiger partial charge in [-0.25, -0.2) is 19.3 Å². The molecule has 176 valence electrons. The SMILES string of the molecule is CC1(C)O[C@@H]2[C@H](O1)[C@@H](CO)O[C@H]2n1c(=O)[nH]c(=O)c2nc(-c3ccco3)c(-c3ccco3)nc21. The van der Waals surface area contributed by atoms with Crippen molar-refractivity contribution in [3.8, 4) is 22.9 Å². The Morgan fingerprint density at radius 1 is 1.03 bits per heavy atom. The average molecular weight is 468 g/mol. The van der Waals surface area contributed by atoms with Crippen molar-refractivity contribution in [2.24, 2.45) is 0 Å². The van der Waals surface area contributed by atoms with E-state index in [2.05, 4.69) is 15.0 Å². The van der Waals surface area contributed by atoms with Crippen LogP contribution in [-0.2, 0) is 14.2 Å². The van der Waals surface area contributed by atoms with Crippen molar-refractivity contribution in [2.75, 3.05) is 6.61 Å². The van der Waals surface area contributed by atoms with Crippen LogP contribution >= 0.6 is 0 Å². The van der Waals surface area contributed by atoms with E-state index < -0.39 is 41.6 Å². The zero-order valence-corrected chi connectivity index (χ0v) is 18.1. The van der Waals surface area contributed by atoms with E-state index in [1.807, 2.05) is 0 Å². The number of aliphatic hydroxyl groups excluding tert-OH is 1. The number of furan rings is 2. The molecule has 6 rings (SSSR count). The van der Waals surface area contributed by atoms with Gasteiger partial charge in [0.1, 0.15) is 29.7 Å². The predicted molar refractivity (Wildman–Crippen MR) is 115 cm³/mol. The first-order valence-electron chi connectivity index (χ1n) is 10.6. The van der Waals surface area contributed by atoms with E-state index in [4.69, 9.17) is 23.0 Å². The lowest BCUT2D eigenvalue weighted by Gasteiger charge is -2.24. The largest absolute Gasteiger partial charge is 0.463 e. The van der Waals surface area contributed by atoms with E-state index in [0.29, 0.717) is 11.5 Å². The topological polar surface area (TPSA) is 155 Å². The van der Waals surface area contributed by atoms with Crippen LogP contribution in [0.15, 0.2) is 55.2 Å². The molecule has 0 saturated carbocycles. The van der Waals surface area contributed by atoms with E-state index in [0.717, 1.165) is 0 Å². The van der Waals surface area contributed by atoms with Gasteiger partial charge in [-0.1, -0.05) is 0 Å². The van der Waals surface area contributed by atoms with Crippen LogP contribution in [0.2, 0.25) is 0 Å². The maximum atomic E-state index is 13.1. The van der Waals surface area contributed by atoms with Crippen molar-refractivity contribution in [3.05, 3.63) is 57.6 Å². The smallest absolute Gasteiger partial charge is 0.332 e. The van der Waals surface area contributed by atoms with Crippen LogP contribution in [0.25, 0.3) is 34.1 Å². The number of aliphatic hydroxyl groups is 1. The third-order valence-electron chi connectivity index (χ3n) is 5.83. The van der Waals surface area contributed by atoms with Crippen molar-refractivity contribution in [2.45, 2.75) is 44.2 Å². The van der Waals surface area contributed by atoms with Crippen LogP contribution in [0.4, 0.5) is 0 Å². The Hall–Kier alpha value is -3.58. The summed E-state index contributed by atoms with van der Waals surface area (Å²) >= 11 is 0. The Morgan fingerprint density at radius 2 is 1.68 bits per heavy atom. The molecule has 4 aromatic heterocycles. The van der Waals surface area contributed by atoms with Gasteiger partial charge in [-0.05, 0) is 38.1 Å². The predicted octanol–water partition coefficient (Wildman–Crippen LogP) is 1.41. The molecule has 2 saturated heterocycles. The standard InChI is InChI=1S/C22H20N4O8/c1-22(2)33-16-12(9-27)32-20(17(16)34-22)26-18-15(19(28)25-21(26)29)23-13(10-5-3-7-30-10)14(24-18)11-6-4-8-31-11/h3-8,12,16-17,20,27H,9H2,1-2H3,(H,25,28,29)/t12-,16-,17-,20-/m1/s1. The molecule has 0 bridgehead atoms. The van der Waals surface area contributed by atoms with Gasteiger partial charge >= 0.3 is 5.69 Å². The average Bonchev–Trinajstić information content (AvgIpc) is 3.58. The van der Waals surface area contributed by atoms with Crippen LogP contribution in [0.1, 0.15) is 20.1 Å². The Labute approximate surface area is 190 Å². The first-order valence-corrected chi connectivity index (χ1v) is 10.6. The van der Waals surface area contributed by atoms with Gasteiger partial charge in [-0.15, -0.1) is 0 Å². The van der Waals surface area contributed by atoms with Gasteiger partial charge in [0.15, 0.2) is 34.7 Å². The molecular formula is C22H20N4O8. The molecule has 0 aromatic carbocycles. The molecule has 2 N–H and O–H groups in total. The lowest BCUT2D eigenvalue weighted by Crippen LogP contribution is -2.39. The number of nitrogens with zero attached hydrogens (tertiary/aromatic N) is 3. The summed E-state index contributed by atoms with van der Waals surface area (Å²) in [6.45, 7) is 3.11. The first kappa shape index (κ1) is 21.0. The summed E-state index contributed by atoms with van der Waals surface area (Å²) in [4.78, 5) is 37.2. The zero-order valence-electron chi connectivity index (χ0n) is 18.1. The van der Waals surface area contributed by atoms with Gasteiger partial charge in [-0.2, -0.15) is 0 Å². The van der Waals surface area contributed by atoms with Crippen molar-refractivity contribution in [1.82, 2.24) is 19.5 Å². The summed E-state index contributed by atoms with van der Waals surface area (Å²) in [5, 5.41) is 9.83. The number of aromatic nitrogens is 4. The Morgan fingerprint density at radius 3 is 2.29 bits per heavy atom. The molecule has 34 heavy (non-hydrogen) atoms. The van der Waals surface area contributed by atoms with E-state index >= 15 is 0 Å². The maximum absolute atomic E-state index is 13.1. The fraction of sp³-hybridized carbons (Fsp3) is 0.364. The third kappa shape index (κ3) is 3.15. The molecule has 2 aliphatic rings. The second kappa shape index (κ2) is 7.46. The molecule has 6 heterocycles. The van der Waals surface area contributed by atoms with Gasteiger partial charge in [0.2, 0.25) is 0 Å². The number of hydrogen-bond acceptors (Lipinski definition) is 10. The van der Waals surface area contributed by atoms with E-state index in [-0.39, 0.29) is 29.2 Å². The van der Waals surface area contributed by atoms with Gasteiger partial charge in [-0.3, -0.25) is 9.78 Å². The molecule has 12 heteroatoms. The number of H-pyrrole nitrogens is 1. The molecular weight excluding hydrogens is 448 g/mol. The molecule has 4 atom stereocenters. The quantitative estimate of drug-likeness (QED) is 0.449. The second-order valence-electron chi connectivity index (χ2n) is 8.49.